The van der Waals surface area contributed by atoms with Gasteiger partial charge in [0.25, 0.3) is 0 Å². The number of benzene rings is 2. The number of sulfone groups is 1. The summed E-state index contributed by atoms with van der Waals surface area (Å²) >= 11 is 0. The third-order valence-electron chi connectivity index (χ3n) is 3.83. The zero-order chi connectivity index (χ0) is 19.2. The Morgan fingerprint density at radius 1 is 1.00 bits per heavy atom. The molecule has 8 heteroatoms. The lowest BCUT2D eigenvalue weighted by molar-refractivity contribution is 0.414. The van der Waals surface area contributed by atoms with Crippen LogP contribution in [0.15, 0.2) is 53.4 Å². The van der Waals surface area contributed by atoms with Crippen molar-refractivity contribution in [2.75, 3.05) is 19.4 Å². The number of aryl methyl sites for hydroxylation is 1. The van der Waals surface area contributed by atoms with Crippen LogP contribution in [-0.2, 0) is 25.6 Å². The van der Waals surface area contributed by atoms with Crippen LogP contribution in [0.1, 0.15) is 17.5 Å². The molecule has 6 nitrogen and oxygen atoms in total. The van der Waals surface area contributed by atoms with Crippen molar-refractivity contribution in [3.8, 4) is 5.75 Å². The lowest BCUT2D eigenvalue weighted by atomic mass is 10.2. The molecule has 0 fully saturated rings. The molecule has 0 aliphatic carbocycles. The van der Waals surface area contributed by atoms with E-state index in [4.69, 9.17) is 4.74 Å². The quantitative estimate of drug-likeness (QED) is 0.656. The molecule has 0 heterocycles. The van der Waals surface area contributed by atoms with Crippen LogP contribution in [0.3, 0.4) is 0 Å². The Morgan fingerprint density at radius 2 is 1.69 bits per heavy atom. The highest BCUT2D eigenvalue weighted by molar-refractivity contribution is 7.90. The van der Waals surface area contributed by atoms with Crippen molar-refractivity contribution < 1.29 is 21.6 Å². The normalized spacial score (nSPS) is 12.1. The first kappa shape index (κ1) is 20.4. The molecule has 0 spiro atoms. The number of rotatable bonds is 9. The van der Waals surface area contributed by atoms with Gasteiger partial charge in [-0.1, -0.05) is 30.3 Å². The summed E-state index contributed by atoms with van der Waals surface area (Å²) in [5, 5.41) is 0. The summed E-state index contributed by atoms with van der Waals surface area (Å²) in [5.74, 6) is 0.456. The van der Waals surface area contributed by atoms with Gasteiger partial charge >= 0.3 is 0 Å². The summed E-state index contributed by atoms with van der Waals surface area (Å²) in [7, 11) is -5.47. The minimum atomic E-state index is -3.69. The smallest absolute Gasteiger partial charge is 0.240 e. The number of ether oxygens (including phenoxy) is 1. The van der Waals surface area contributed by atoms with Gasteiger partial charge in [-0.05, 0) is 42.7 Å². The molecule has 0 unspecified atom stereocenters. The van der Waals surface area contributed by atoms with Gasteiger partial charge in [0.05, 0.1) is 23.5 Å². The van der Waals surface area contributed by atoms with Crippen LogP contribution in [-0.4, -0.2) is 36.2 Å². The Balaban J connectivity index is 1.90. The number of methoxy groups -OCH3 is 1. The fourth-order valence-corrected chi connectivity index (χ4v) is 5.25. The van der Waals surface area contributed by atoms with Crippen molar-refractivity contribution in [2.45, 2.75) is 24.0 Å². The van der Waals surface area contributed by atoms with E-state index < -0.39 is 19.9 Å². The van der Waals surface area contributed by atoms with Crippen molar-refractivity contribution in [1.82, 2.24) is 4.72 Å². The predicted molar refractivity (Wildman–Crippen MR) is 101 cm³/mol. The van der Waals surface area contributed by atoms with Gasteiger partial charge in [-0.2, -0.15) is 0 Å². The van der Waals surface area contributed by atoms with Gasteiger partial charge in [-0.15, -0.1) is 0 Å². The van der Waals surface area contributed by atoms with Crippen LogP contribution >= 0.6 is 0 Å². The maximum atomic E-state index is 12.4. The molecule has 1 N–H and O–H groups in total. The van der Waals surface area contributed by atoms with Crippen molar-refractivity contribution in [3.63, 3.8) is 0 Å². The zero-order valence-corrected chi connectivity index (χ0v) is 16.4. The molecule has 0 aliphatic rings. The molecule has 0 saturated carbocycles. The van der Waals surface area contributed by atoms with Crippen LogP contribution in [0.5, 0.6) is 5.75 Å². The van der Waals surface area contributed by atoms with Crippen LogP contribution in [0.4, 0.5) is 0 Å². The van der Waals surface area contributed by atoms with E-state index in [0.29, 0.717) is 11.3 Å². The number of hydrogen-bond acceptors (Lipinski definition) is 5. The summed E-state index contributed by atoms with van der Waals surface area (Å²) < 4.78 is 56.5. The number of hydrogen-bond donors (Lipinski definition) is 1. The molecule has 142 valence electrons. The molecule has 2 aromatic rings. The molecule has 0 aliphatic heterocycles. The second-order valence-corrected chi connectivity index (χ2v) is 9.88. The molecular weight excluding hydrogens is 374 g/mol. The number of nitrogens with one attached hydrogen (secondary N) is 1. The second-order valence-electron chi connectivity index (χ2n) is 5.96. The molecule has 0 radical (unpaired) electrons. The van der Waals surface area contributed by atoms with Gasteiger partial charge in [0, 0.05) is 6.54 Å². The molecule has 0 saturated heterocycles. The molecule has 26 heavy (non-hydrogen) atoms. The topological polar surface area (TPSA) is 89.5 Å². The Kier molecular flexibility index (Phi) is 6.80. The lowest BCUT2D eigenvalue weighted by Crippen LogP contribution is -2.27. The van der Waals surface area contributed by atoms with Gasteiger partial charge in [0.1, 0.15) is 5.75 Å². The third-order valence-corrected chi connectivity index (χ3v) is 7.13. The zero-order valence-electron chi connectivity index (χ0n) is 14.8. The summed E-state index contributed by atoms with van der Waals surface area (Å²) in [6, 6.07) is 13.6. The van der Waals surface area contributed by atoms with Gasteiger partial charge < -0.3 is 4.74 Å². The van der Waals surface area contributed by atoms with Crippen molar-refractivity contribution in [3.05, 3.63) is 59.7 Å². The van der Waals surface area contributed by atoms with E-state index in [1.165, 1.54) is 13.2 Å². The average Bonchev–Trinajstić information content (AvgIpc) is 2.59. The molecule has 2 aromatic carbocycles. The fourth-order valence-electron chi connectivity index (χ4n) is 2.53. The summed E-state index contributed by atoms with van der Waals surface area (Å²) in [6.07, 6.45) is 0.212. The van der Waals surface area contributed by atoms with Gasteiger partial charge in [0.2, 0.25) is 10.0 Å². The highest BCUT2D eigenvalue weighted by Gasteiger charge is 2.18. The Morgan fingerprint density at radius 3 is 2.31 bits per heavy atom. The summed E-state index contributed by atoms with van der Waals surface area (Å²) in [6.45, 7) is 1.74. The molecule has 2 rings (SSSR count). The van der Waals surface area contributed by atoms with E-state index >= 15 is 0 Å². The minimum absolute atomic E-state index is 0.0435. The fraction of sp³-hybridized carbons (Fsp3) is 0.333. The van der Waals surface area contributed by atoms with Gasteiger partial charge in [0.15, 0.2) is 9.84 Å². The molecule has 0 atom stereocenters. The monoisotopic (exact) mass is 397 g/mol. The highest BCUT2D eigenvalue weighted by Crippen LogP contribution is 2.20. The van der Waals surface area contributed by atoms with E-state index in [1.54, 1.807) is 43.3 Å². The number of sulfonamides is 1. The van der Waals surface area contributed by atoms with E-state index in [1.807, 2.05) is 6.07 Å². The first-order valence-electron chi connectivity index (χ1n) is 8.12. The Hall–Kier alpha value is -1.90. The standard InChI is InChI=1S/C18H23NO5S2/c1-15-13-17(24-2)9-10-18(15)26(22,23)19-11-6-12-25(20,21)14-16-7-4-3-5-8-16/h3-5,7-10,13,19H,6,11-12,14H2,1-2H3. The van der Waals surface area contributed by atoms with Gasteiger partial charge in [-0.3, -0.25) is 0 Å². The predicted octanol–water partition coefficient (Wildman–Crippen LogP) is 2.29. The maximum Gasteiger partial charge on any atom is 0.240 e. The second kappa shape index (κ2) is 8.66. The summed E-state index contributed by atoms with van der Waals surface area (Å²) in [5.41, 5.74) is 1.29. The maximum absolute atomic E-state index is 12.4. The van der Waals surface area contributed by atoms with E-state index in [-0.39, 0.29) is 29.4 Å². The minimum Gasteiger partial charge on any atom is -0.497 e. The first-order chi connectivity index (χ1) is 12.2. The van der Waals surface area contributed by atoms with Crippen molar-refractivity contribution in [1.29, 1.82) is 0 Å². The summed E-state index contributed by atoms with van der Waals surface area (Å²) in [4.78, 5) is 0.158. The van der Waals surface area contributed by atoms with Crippen LogP contribution < -0.4 is 9.46 Å². The van der Waals surface area contributed by atoms with E-state index in [2.05, 4.69) is 4.72 Å². The Bertz CT molecular complexity index is 939. The highest BCUT2D eigenvalue weighted by atomic mass is 32.2. The first-order valence-corrected chi connectivity index (χ1v) is 11.4. The van der Waals surface area contributed by atoms with Crippen molar-refractivity contribution in [2.24, 2.45) is 0 Å². The Labute approximate surface area is 155 Å². The van der Waals surface area contributed by atoms with Crippen LogP contribution in [0.25, 0.3) is 0 Å². The van der Waals surface area contributed by atoms with Gasteiger partial charge in [-0.25, -0.2) is 21.6 Å². The van der Waals surface area contributed by atoms with E-state index in [0.717, 1.165) is 5.56 Å². The van der Waals surface area contributed by atoms with Crippen molar-refractivity contribution >= 4 is 19.9 Å². The SMILES string of the molecule is COc1ccc(S(=O)(=O)NCCCS(=O)(=O)Cc2ccccc2)c(C)c1. The molecule has 0 aromatic heterocycles. The largest absolute Gasteiger partial charge is 0.497 e. The average molecular weight is 398 g/mol. The van der Waals surface area contributed by atoms with E-state index in [9.17, 15) is 16.8 Å². The molecule has 0 bridgehead atoms. The molecular formula is C18H23NO5S2. The molecule has 0 amide bonds. The third kappa shape index (κ3) is 5.82. The lowest BCUT2D eigenvalue weighted by Gasteiger charge is -2.11. The van der Waals surface area contributed by atoms with Crippen LogP contribution in [0, 0.1) is 6.92 Å². The van der Waals surface area contributed by atoms with Crippen LogP contribution in [0.2, 0.25) is 0 Å².